The number of rotatable bonds is 4. The van der Waals surface area contributed by atoms with E-state index < -0.39 is 0 Å². The Balaban J connectivity index is 1.41. The summed E-state index contributed by atoms with van der Waals surface area (Å²) in [6.07, 6.45) is 0. The lowest BCUT2D eigenvalue weighted by Gasteiger charge is -2.04. The fourth-order valence-electron chi connectivity index (χ4n) is 3.36. The molecule has 0 spiro atoms. The minimum atomic E-state index is -0.0429. The van der Waals surface area contributed by atoms with Crippen LogP contribution in [0.25, 0.3) is 33.3 Å². The molecule has 5 nitrogen and oxygen atoms in total. The zero-order valence-electron chi connectivity index (χ0n) is 15.1. The van der Waals surface area contributed by atoms with Crippen LogP contribution in [0.2, 0.25) is 5.02 Å². The van der Waals surface area contributed by atoms with E-state index >= 15 is 0 Å². The van der Waals surface area contributed by atoms with Crippen LogP contribution in [0.1, 0.15) is 4.79 Å². The van der Waals surface area contributed by atoms with Gasteiger partial charge in [0.15, 0.2) is 0 Å². The molecule has 0 bridgehead atoms. The van der Waals surface area contributed by atoms with E-state index in [0.717, 1.165) is 27.4 Å². The van der Waals surface area contributed by atoms with Gasteiger partial charge < -0.3 is 4.42 Å². The highest BCUT2D eigenvalue weighted by Gasteiger charge is 2.17. The fraction of sp³-hybridized carbons (Fsp3) is 0.0455. The van der Waals surface area contributed by atoms with Crippen molar-refractivity contribution in [3.8, 4) is 11.5 Å². The third-order valence-electron chi connectivity index (χ3n) is 4.65. The summed E-state index contributed by atoms with van der Waals surface area (Å²) in [4.78, 5) is 13.1. The maximum atomic E-state index is 13.1. The van der Waals surface area contributed by atoms with E-state index in [4.69, 9.17) is 16.0 Å². The van der Waals surface area contributed by atoms with Crippen molar-refractivity contribution in [3.05, 3.63) is 77.8 Å². The number of thioether (sulfide) groups is 1. The number of halogens is 1. The standard InChI is InChI=1S/C22H14ClN3O2S/c23-15-11-9-14(10-12-15)21-24-25-22(28-21)29-13-20(27)26-18-7-3-1-5-16(18)17-6-2-4-8-19(17)26/h1-12H,13H2. The number of para-hydroxylation sites is 2. The minimum Gasteiger partial charge on any atom is -0.411 e. The van der Waals surface area contributed by atoms with Gasteiger partial charge in [-0.25, -0.2) is 0 Å². The van der Waals surface area contributed by atoms with Crippen LogP contribution in [0.4, 0.5) is 0 Å². The van der Waals surface area contributed by atoms with Crippen molar-refractivity contribution in [2.75, 3.05) is 5.75 Å². The van der Waals surface area contributed by atoms with Crippen molar-refractivity contribution >= 4 is 51.1 Å². The molecule has 142 valence electrons. The van der Waals surface area contributed by atoms with Gasteiger partial charge in [0.05, 0.1) is 16.8 Å². The number of hydrogen-bond acceptors (Lipinski definition) is 5. The van der Waals surface area contributed by atoms with E-state index in [0.29, 0.717) is 16.1 Å². The largest absolute Gasteiger partial charge is 0.411 e. The molecule has 0 atom stereocenters. The molecule has 0 saturated carbocycles. The molecule has 0 radical (unpaired) electrons. The van der Waals surface area contributed by atoms with Crippen LogP contribution in [0, 0.1) is 0 Å². The number of fused-ring (bicyclic) bond motifs is 3. The number of nitrogens with zero attached hydrogens (tertiary/aromatic N) is 3. The Labute approximate surface area is 175 Å². The smallest absolute Gasteiger partial charge is 0.277 e. The van der Waals surface area contributed by atoms with E-state index in [2.05, 4.69) is 10.2 Å². The van der Waals surface area contributed by atoms with Gasteiger partial charge >= 0.3 is 0 Å². The Morgan fingerprint density at radius 3 is 2.17 bits per heavy atom. The predicted octanol–water partition coefficient (Wildman–Crippen LogP) is 5.93. The second-order valence-corrected chi connectivity index (χ2v) is 7.80. The lowest BCUT2D eigenvalue weighted by atomic mass is 10.2. The van der Waals surface area contributed by atoms with Crippen LogP contribution in [0.3, 0.4) is 0 Å². The van der Waals surface area contributed by atoms with Crippen molar-refractivity contribution in [1.29, 1.82) is 0 Å². The Kier molecular flexibility index (Phi) is 4.58. The Hall–Kier alpha value is -3.09. The molecule has 7 heteroatoms. The maximum Gasteiger partial charge on any atom is 0.277 e. The third-order valence-corrected chi connectivity index (χ3v) is 5.70. The number of carbonyl (C=O) groups excluding carboxylic acids is 1. The minimum absolute atomic E-state index is 0.0429. The first-order valence-corrected chi connectivity index (χ1v) is 10.3. The highest BCUT2D eigenvalue weighted by Crippen LogP contribution is 2.30. The first-order valence-electron chi connectivity index (χ1n) is 8.94. The molecule has 0 fully saturated rings. The lowest BCUT2D eigenvalue weighted by molar-refractivity contribution is 0.0951. The molecule has 0 saturated heterocycles. The zero-order chi connectivity index (χ0) is 19.8. The first kappa shape index (κ1) is 18.0. The molecule has 2 heterocycles. The van der Waals surface area contributed by atoms with Gasteiger partial charge in [0.1, 0.15) is 0 Å². The summed E-state index contributed by atoms with van der Waals surface area (Å²) in [6, 6.07) is 23.0. The SMILES string of the molecule is O=C(CSc1nnc(-c2ccc(Cl)cc2)o1)n1c2ccccc2c2ccccc21. The zero-order valence-corrected chi connectivity index (χ0v) is 16.7. The lowest BCUT2D eigenvalue weighted by Crippen LogP contribution is -2.12. The number of carbonyl (C=O) groups is 1. The summed E-state index contributed by atoms with van der Waals surface area (Å²) in [5.74, 6) is 0.539. The van der Waals surface area contributed by atoms with Crippen LogP contribution >= 0.6 is 23.4 Å². The second kappa shape index (κ2) is 7.39. The molecule has 0 aliphatic heterocycles. The Morgan fingerprint density at radius 1 is 0.897 bits per heavy atom. The fourth-order valence-corrected chi connectivity index (χ4v) is 4.09. The summed E-state index contributed by atoms with van der Waals surface area (Å²) in [5.41, 5.74) is 2.57. The molecule has 2 aromatic heterocycles. The van der Waals surface area contributed by atoms with Crippen LogP contribution in [0.5, 0.6) is 0 Å². The topological polar surface area (TPSA) is 60.9 Å². The van der Waals surface area contributed by atoms with E-state index in [1.54, 1.807) is 16.7 Å². The van der Waals surface area contributed by atoms with Crippen molar-refractivity contribution in [2.45, 2.75) is 5.22 Å². The number of hydrogen-bond donors (Lipinski definition) is 0. The van der Waals surface area contributed by atoms with Gasteiger partial charge in [0.25, 0.3) is 5.22 Å². The van der Waals surface area contributed by atoms with Gasteiger partial charge in [-0.1, -0.05) is 59.8 Å². The summed E-state index contributed by atoms with van der Waals surface area (Å²) in [6.45, 7) is 0. The number of aromatic nitrogens is 3. The molecule has 5 rings (SSSR count). The van der Waals surface area contributed by atoms with Crippen molar-refractivity contribution < 1.29 is 9.21 Å². The molecule has 0 N–H and O–H groups in total. The highest BCUT2D eigenvalue weighted by atomic mass is 35.5. The average Bonchev–Trinajstić information content (AvgIpc) is 3.35. The highest BCUT2D eigenvalue weighted by molar-refractivity contribution is 7.99. The second-order valence-electron chi connectivity index (χ2n) is 6.43. The Morgan fingerprint density at radius 2 is 1.52 bits per heavy atom. The van der Waals surface area contributed by atoms with Gasteiger partial charge in [0.2, 0.25) is 11.8 Å². The monoisotopic (exact) mass is 419 g/mol. The van der Waals surface area contributed by atoms with E-state index in [-0.39, 0.29) is 11.7 Å². The summed E-state index contributed by atoms with van der Waals surface area (Å²) in [7, 11) is 0. The molecule has 0 aliphatic rings. The van der Waals surface area contributed by atoms with Crippen LogP contribution < -0.4 is 0 Å². The van der Waals surface area contributed by atoms with Gasteiger partial charge in [-0.2, -0.15) is 0 Å². The Bertz CT molecular complexity index is 1290. The molecule has 29 heavy (non-hydrogen) atoms. The van der Waals surface area contributed by atoms with Crippen LogP contribution in [0.15, 0.2) is 82.4 Å². The first-order chi connectivity index (χ1) is 14.2. The van der Waals surface area contributed by atoms with Gasteiger partial charge in [-0.3, -0.25) is 9.36 Å². The molecular formula is C22H14ClN3O2S. The quantitative estimate of drug-likeness (QED) is 0.338. The summed E-state index contributed by atoms with van der Waals surface area (Å²) in [5, 5.41) is 11.2. The molecular weight excluding hydrogens is 406 g/mol. The molecule has 0 unspecified atom stereocenters. The van der Waals surface area contributed by atoms with Crippen molar-refractivity contribution in [3.63, 3.8) is 0 Å². The summed E-state index contributed by atoms with van der Waals surface area (Å²) < 4.78 is 7.45. The van der Waals surface area contributed by atoms with Gasteiger partial charge in [-0.15, -0.1) is 10.2 Å². The molecule has 5 aromatic rings. The van der Waals surface area contributed by atoms with E-state index in [1.165, 1.54) is 11.8 Å². The van der Waals surface area contributed by atoms with Crippen LogP contribution in [-0.2, 0) is 0 Å². The maximum absolute atomic E-state index is 13.1. The van der Waals surface area contributed by atoms with Gasteiger partial charge in [0, 0.05) is 21.4 Å². The van der Waals surface area contributed by atoms with E-state index in [9.17, 15) is 4.79 Å². The van der Waals surface area contributed by atoms with Crippen LogP contribution in [-0.4, -0.2) is 26.4 Å². The predicted molar refractivity (Wildman–Crippen MR) is 116 cm³/mol. The van der Waals surface area contributed by atoms with Gasteiger partial charge in [-0.05, 0) is 36.4 Å². The molecule has 3 aromatic carbocycles. The average molecular weight is 420 g/mol. The normalized spacial score (nSPS) is 11.3. The third kappa shape index (κ3) is 3.30. The molecule has 0 aliphatic carbocycles. The molecule has 0 amide bonds. The summed E-state index contributed by atoms with van der Waals surface area (Å²) >= 11 is 7.14. The van der Waals surface area contributed by atoms with Crippen molar-refractivity contribution in [2.24, 2.45) is 0 Å². The number of benzene rings is 3. The van der Waals surface area contributed by atoms with Crippen molar-refractivity contribution in [1.82, 2.24) is 14.8 Å². The van der Waals surface area contributed by atoms with E-state index in [1.807, 2.05) is 60.7 Å².